The molecule has 35 heavy (non-hydrogen) atoms. The van der Waals surface area contributed by atoms with Gasteiger partial charge in [-0.2, -0.15) is 0 Å². The van der Waals surface area contributed by atoms with Crippen LogP contribution in [-0.4, -0.2) is 47.3 Å². The number of carboxylic acid groups (broad SMARTS) is 1. The maximum absolute atomic E-state index is 12.5. The van der Waals surface area contributed by atoms with Crippen molar-refractivity contribution >= 4 is 17.7 Å². The number of aliphatic carboxylic acids is 1. The van der Waals surface area contributed by atoms with Gasteiger partial charge < -0.3 is 20.5 Å². The summed E-state index contributed by atoms with van der Waals surface area (Å²) in [5, 5.41) is 15.6. The fourth-order valence-electron chi connectivity index (χ4n) is 5.08. The normalized spacial score (nSPS) is 21.8. The Labute approximate surface area is 206 Å². The van der Waals surface area contributed by atoms with Gasteiger partial charge >= 0.3 is 5.97 Å². The smallest absolute Gasteiger partial charge is 0.326 e. The first kappa shape index (κ1) is 23.8. The van der Waals surface area contributed by atoms with Crippen molar-refractivity contribution in [3.05, 3.63) is 58.8 Å². The second kappa shape index (κ2) is 10.8. The summed E-state index contributed by atoms with van der Waals surface area (Å²) in [7, 11) is 0. The van der Waals surface area contributed by atoms with E-state index < -0.39 is 12.0 Å². The zero-order valence-corrected chi connectivity index (χ0v) is 20.2. The average molecular weight is 478 g/mol. The fraction of sp³-hybridized carbons (Fsp3) is 0.536. The molecule has 2 aromatic rings. The number of hydrogen-bond acceptors (Lipinski definition) is 5. The quantitative estimate of drug-likeness (QED) is 0.446. The van der Waals surface area contributed by atoms with E-state index in [9.17, 15) is 14.7 Å². The number of aryl methyl sites for hydroxylation is 2. The lowest BCUT2D eigenvalue weighted by Crippen LogP contribution is -2.42. The molecule has 0 saturated heterocycles. The maximum atomic E-state index is 12.5. The number of ether oxygens (including phenoxy) is 1. The summed E-state index contributed by atoms with van der Waals surface area (Å²) in [6.45, 7) is 1.33. The van der Waals surface area contributed by atoms with Gasteiger partial charge in [0.15, 0.2) is 0 Å². The first-order valence-electron chi connectivity index (χ1n) is 13.0. The molecule has 0 bridgehead atoms. The van der Waals surface area contributed by atoms with Crippen molar-refractivity contribution in [1.82, 2.24) is 10.3 Å². The molecular weight excluding hydrogens is 442 g/mol. The molecule has 1 aromatic carbocycles. The molecular formula is C28H35N3O4. The van der Waals surface area contributed by atoms with Crippen LogP contribution in [0.15, 0.2) is 36.4 Å². The third kappa shape index (κ3) is 6.20. The molecule has 1 atom stereocenters. The van der Waals surface area contributed by atoms with E-state index in [1.165, 1.54) is 30.4 Å². The lowest BCUT2D eigenvalue weighted by atomic mass is 9.79. The number of aromatic nitrogens is 1. The van der Waals surface area contributed by atoms with Crippen LogP contribution >= 0.6 is 0 Å². The topological polar surface area (TPSA) is 101 Å². The van der Waals surface area contributed by atoms with Crippen molar-refractivity contribution in [1.29, 1.82) is 0 Å². The van der Waals surface area contributed by atoms with Gasteiger partial charge in [0.05, 0.1) is 6.10 Å². The maximum Gasteiger partial charge on any atom is 0.326 e. The van der Waals surface area contributed by atoms with Crippen molar-refractivity contribution in [2.75, 3.05) is 18.5 Å². The Kier molecular flexibility index (Phi) is 7.32. The number of anilines is 1. The molecule has 1 aliphatic heterocycles. The number of nitrogens with one attached hydrogen (secondary N) is 2. The van der Waals surface area contributed by atoms with E-state index >= 15 is 0 Å². The summed E-state index contributed by atoms with van der Waals surface area (Å²) in [6.07, 6.45) is 9.20. The lowest BCUT2D eigenvalue weighted by Gasteiger charge is -2.35. The first-order valence-corrected chi connectivity index (χ1v) is 13.0. The van der Waals surface area contributed by atoms with Gasteiger partial charge in [0.2, 0.25) is 0 Å². The highest BCUT2D eigenvalue weighted by molar-refractivity contribution is 5.96. The molecule has 1 amide bonds. The van der Waals surface area contributed by atoms with Gasteiger partial charge in [-0.1, -0.05) is 18.2 Å². The highest BCUT2D eigenvalue weighted by Gasteiger charge is 2.30. The summed E-state index contributed by atoms with van der Waals surface area (Å²) in [6, 6.07) is 10.9. The summed E-state index contributed by atoms with van der Waals surface area (Å²) in [5.41, 5.74) is 4.20. The zero-order valence-electron chi connectivity index (χ0n) is 20.2. The molecule has 2 heterocycles. The number of carbonyl (C=O) groups is 2. The Morgan fingerprint density at radius 2 is 1.94 bits per heavy atom. The number of nitrogens with zero attached hydrogens (tertiary/aromatic N) is 1. The molecule has 3 N–H and O–H groups in total. The fourth-order valence-corrected chi connectivity index (χ4v) is 5.08. The summed E-state index contributed by atoms with van der Waals surface area (Å²) < 4.78 is 5.91. The van der Waals surface area contributed by atoms with Crippen LogP contribution in [0.2, 0.25) is 0 Å². The third-order valence-electron chi connectivity index (χ3n) is 7.54. The molecule has 1 unspecified atom stereocenters. The van der Waals surface area contributed by atoms with Crippen LogP contribution in [0.5, 0.6) is 0 Å². The summed E-state index contributed by atoms with van der Waals surface area (Å²) in [4.78, 5) is 28.9. The number of carboxylic acids is 1. The first-order chi connectivity index (χ1) is 17.0. The molecule has 2 saturated carbocycles. The molecule has 0 spiro atoms. The second-order valence-electron chi connectivity index (χ2n) is 10.3. The molecule has 7 heteroatoms. The van der Waals surface area contributed by atoms with Crippen LogP contribution in [0.25, 0.3) is 0 Å². The highest BCUT2D eigenvalue weighted by Crippen LogP contribution is 2.40. The average Bonchev–Trinajstić information content (AvgIpc) is 3.69. The van der Waals surface area contributed by atoms with Gasteiger partial charge in [0.25, 0.3) is 5.91 Å². The monoisotopic (exact) mass is 477 g/mol. The van der Waals surface area contributed by atoms with Crippen molar-refractivity contribution in [2.45, 2.75) is 75.9 Å². The van der Waals surface area contributed by atoms with Crippen molar-refractivity contribution in [3.63, 3.8) is 0 Å². The van der Waals surface area contributed by atoms with Crippen molar-refractivity contribution in [2.24, 2.45) is 5.92 Å². The van der Waals surface area contributed by atoms with Crippen molar-refractivity contribution < 1.29 is 19.4 Å². The van der Waals surface area contributed by atoms with Gasteiger partial charge in [0.1, 0.15) is 11.9 Å². The van der Waals surface area contributed by atoms with E-state index in [0.717, 1.165) is 50.2 Å². The molecule has 2 fully saturated rings. The van der Waals surface area contributed by atoms with Gasteiger partial charge in [-0.15, -0.1) is 0 Å². The van der Waals surface area contributed by atoms with Crippen LogP contribution in [0, 0.1) is 5.92 Å². The van der Waals surface area contributed by atoms with Crippen molar-refractivity contribution in [3.8, 4) is 0 Å². The number of hydrogen-bond donors (Lipinski definition) is 3. The van der Waals surface area contributed by atoms with E-state index in [4.69, 9.17) is 9.72 Å². The molecule has 5 rings (SSSR count). The number of pyridine rings is 1. The van der Waals surface area contributed by atoms with Gasteiger partial charge in [-0.25, -0.2) is 9.78 Å². The van der Waals surface area contributed by atoms with Crippen LogP contribution in [0.4, 0.5) is 5.82 Å². The number of fused-ring (bicyclic) bond motifs is 1. The van der Waals surface area contributed by atoms with Gasteiger partial charge in [-0.05, 0) is 92.5 Å². The molecule has 7 nitrogen and oxygen atoms in total. The van der Waals surface area contributed by atoms with E-state index in [0.29, 0.717) is 24.0 Å². The molecule has 2 aliphatic carbocycles. The zero-order chi connectivity index (χ0) is 24.2. The van der Waals surface area contributed by atoms with E-state index in [1.54, 1.807) is 12.1 Å². The Hall–Kier alpha value is -2.93. The Balaban J connectivity index is 0.998. The van der Waals surface area contributed by atoms with Crippen LogP contribution < -0.4 is 10.6 Å². The molecule has 186 valence electrons. The number of benzene rings is 1. The summed E-state index contributed by atoms with van der Waals surface area (Å²) >= 11 is 0. The molecule has 3 aliphatic rings. The molecule has 1 aromatic heterocycles. The molecule has 0 radical (unpaired) electrons. The third-order valence-corrected chi connectivity index (χ3v) is 7.54. The standard InChI is InChI=1S/C28H35N3O4/c32-27(22-8-6-20(7-9-22)19-4-5-19)31-25(28(33)34)13-15-35-24-16-18(17-24)3-11-23-12-10-21-2-1-14-29-26(21)30-23/h6-10,12,18-19,24-25H,1-5,11,13-17H2,(H,29,30)(H,31,32)(H,33,34)/t18-,24-,25?. The largest absolute Gasteiger partial charge is 0.480 e. The number of amides is 1. The van der Waals surface area contributed by atoms with Gasteiger partial charge in [-0.3, -0.25) is 4.79 Å². The van der Waals surface area contributed by atoms with Crippen LogP contribution in [0.1, 0.15) is 78.0 Å². The van der Waals surface area contributed by atoms with Crippen LogP contribution in [0.3, 0.4) is 0 Å². The van der Waals surface area contributed by atoms with E-state index in [2.05, 4.69) is 22.8 Å². The minimum Gasteiger partial charge on any atom is -0.480 e. The van der Waals surface area contributed by atoms with Crippen LogP contribution in [-0.2, 0) is 22.4 Å². The minimum absolute atomic E-state index is 0.179. The van der Waals surface area contributed by atoms with E-state index in [1.807, 2.05) is 12.1 Å². The number of carbonyl (C=O) groups excluding carboxylic acids is 1. The summed E-state index contributed by atoms with van der Waals surface area (Å²) in [5.74, 6) is 0.919. The highest BCUT2D eigenvalue weighted by atomic mass is 16.5. The SMILES string of the molecule is O=C(NC(CCO[C@H]1C[C@H](CCc2ccc3c(n2)NCCC3)C1)C(=O)O)c1ccc(C2CC2)cc1. The predicted octanol–water partition coefficient (Wildman–Crippen LogP) is 4.32. The Morgan fingerprint density at radius 3 is 2.69 bits per heavy atom. The van der Waals surface area contributed by atoms with E-state index in [-0.39, 0.29) is 18.4 Å². The lowest BCUT2D eigenvalue weighted by molar-refractivity contribution is -0.140. The Bertz CT molecular complexity index is 1040. The predicted molar refractivity (Wildman–Crippen MR) is 134 cm³/mol. The second-order valence-corrected chi connectivity index (χ2v) is 10.3. The number of rotatable bonds is 11. The van der Waals surface area contributed by atoms with Gasteiger partial charge in [0, 0.05) is 30.8 Å². The Morgan fingerprint density at radius 1 is 1.14 bits per heavy atom. The minimum atomic E-state index is -1.03.